The first kappa shape index (κ1) is 15.2. The SMILES string of the molecule is CC(CNC(=O)Cc1ccc2c(c1)OCCO2)CC(=O)O. The highest BCUT2D eigenvalue weighted by Gasteiger charge is 2.14. The van der Waals surface area contributed by atoms with Gasteiger partial charge in [0.25, 0.3) is 0 Å². The normalized spacial score (nSPS) is 14.3. The van der Waals surface area contributed by atoms with Crippen molar-refractivity contribution in [3.63, 3.8) is 0 Å². The van der Waals surface area contributed by atoms with Gasteiger partial charge in [0, 0.05) is 13.0 Å². The van der Waals surface area contributed by atoms with E-state index in [0.717, 1.165) is 5.56 Å². The Kier molecular flexibility index (Phi) is 5.03. The van der Waals surface area contributed by atoms with Gasteiger partial charge in [0.05, 0.1) is 6.42 Å². The maximum absolute atomic E-state index is 11.8. The summed E-state index contributed by atoms with van der Waals surface area (Å²) < 4.78 is 10.9. The minimum absolute atomic E-state index is 0.0459. The Morgan fingerprint density at radius 3 is 2.71 bits per heavy atom. The van der Waals surface area contributed by atoms with Crippen LogP contribution in [0.3, 0.4) is 0 Å². The molecule has 6 heteroatoms. The number of nitrogens with one attached hydrogen (secondary N) is 1. The Morgan fingerprint density at radius 2 is 2.00 bits per heavy atom. The molecule has 0 saturated carbocycles. The Hall–Kier alpha value is -2.24. The zero-order valence-corrected chi connectivity index (χ0v) is 11.9. The molecule has 0 aromatic heterocycles. The van der Waals surface area contributed by atoms with Crippen LogP contribution in [0.15, 0.2) is 18.2 Å². The van der Waals surface area contributed by atoms with Gasteiger partial charge in [-0.25, -0.2) is 0 Å². The van der Waals surface area contributed by atoms with Crippen molar-refractivity contribution < 1.29 is 24.2 Å². The molecule has 114 valence electrons. The summed E-state index contributed by atoms with van der Waals surface area (Å²) in [7, 11) is 0. The fraction of sp³-hybridized carbons (Fsp3) is 0.467. The van der Waals surface area contributed by atoms with Crippen LogP contribution in [0.5, 0.6) is 11.5 Å². The van der Waals surface area contributed by atoms with E-state index in [1.54, 1.807) is 19.1 Å². The summed E-state index contributed by atoms with van der Waals surface area (Å²) in [4.78, 5) is 22.4. The summed E-state index contributed by atoms with van der Waals surface area (Å²) in [6.07, 6.45) is 0.279. The van der Waals surface area contributed by atoms with Crippen LogP contribution in [0, 0.1) is 5.92 Å². The second kappa shape index (κ2) is 6.97. The van der Waals surface area contributed by atoms with Gasteiger partial charge < -0.3 is 19.9 Å². The molecule has 21 heavy (non-hydrogen) atoms. The number of rotatable bonds is 6. The molecule has 0 fully saturated rings. The number of amides is 1. The fourth-order valence-corrected chi connectivity index (χ4v) is 2.10. The zero-order chi connectivity index (χ0) is 15.2. The highest BCUT2D eigenvalue weighted by atomic mass is 16.6. The minimum atomic E-state index is -0.858. The molecular weight excluding hydrogens is 274 g/mol. The molecule has 1 unspecified atom stereocenters. The standard InChI is InChI=1S/C15H19NO5/c1-10(6-15(18)19)9-16-14(17)8-11-2-3-12-13(7-11)21-5-4-20-12/h2-3,7,10H,4-6,8-9H2,1H3,(H,16,17)(H,18,19). The molecule has 1 heterocycles. The third-order valence-corrected chi connectivity index (χ3v) is 3.14. The van der Waals surface area contributed by atoms with Gasteiger partial charge in [-0.2, -0.15) is 0 Å². The summed E-state index contributed by atoms with van der Waals surface area (Å²) >= 11 is 0. The average Bonchev–Trinajstić information content (AvgIpc) is 2.44. The summed E-state index contributed by atoms with van der Waals surface area (Å²) in [5.74, 6) is 0.269. The van der Waals surface area contributed by atoms with Gasteiger partial charge in [0.2, 0.25) is 5.91 Å². The number of ether oxygens (including phenoxy) is 2. The smallest absolute Gasteiger partial charge is 0.303 e. The predicted octanol–water partition coefficient (Wildman–Crippen LogP) is 1.23. The van der Waals surface area contributed by atoms with Crippen molar-refractivity contribution in [2.24, 2.45) is 5.92 Å². The molecule has 1 amide bonds. The quantitative estimate of drug-likeness (QED) is 0.824. The van der Waals surface area contributed by atoms with E-state index in [9.17, 15) is 9.59 Å². The van der Waals surface area contributed by atoms with Crippen molar-refractivity contribution in [2.75, 3.05) is 19.8 Å². The first-order valence-electron chi connectivity index (χ1n) is 6.91. The maximum Gasteiger partial charge on any atom is 0.303 e. The second-order valence-corrected chi connectivity index (χ2v) is 5.16. The molecule has 0 radical (unpaired) electrons. The van der Waals surface area contributed by atoms with E-state index in [0.29, 0.717) is 31.3 Å². The highest BCUT2D eigenvalue weighted by molar-refractivity contribution is 5.78. The summed E-state index contributed by atoms with van der Waals surface area (Å²) in [6, 6.07) is 5.42. The number of benzene rings is 1. The summed E-state index contributed by atoms with van der Waals surface area (Å²) in [5.41, 5.74) is 0.836. The number of hydrogen-bond donors (Lipinski definition) is 2. The molecule has 2 N–H and O–H groups in total. The number of carboxylic acid groups (broad SMARTS) is 1. The first-order chi connectivity index (χ1) is 10.0. The monoisotopic (exact) mass is 293 g/mol. The average molecular weight is 293 g/mol. The van der Waals surface area contributed by atoms with Crippen molar-refractivity contribution in [1.29, 1.82) is 0 Å². The van der Waals surface area contributed by atoms with Crippen molar-refractivity contribution in [3.05, 3.63) is 23.8 Å². The van der Waals surface area contributed by atoms with Crippen LogP contribution in [0.2, 0.25) is 0 Å². The van der Waals surface area contributed by atoms with Gasteiger partial charge >= 0.3 is 5.97 Å². The van der Waals surface area contributed by atoms with E-state index in [1.165, 1.54) is 0 Å². The lowest BCUT2D eigenvalue weighted by Crippen LogP contribution is -2.30. The van der Waals surface area contributed by atoms with E-state index in [4.69, 9.17) is 14.6 Å². The van der Waals surface area contributed by atoms with E-state index in [1.807, 2.05) is 6.07 Å². The van der Waals surface area contributed by atoms with E-state index < -0.39 is 5.97 Å². The molecule has 6 nitrogen and oxygen atoms in total. The van der Waals surface area contributed by atoms with Crippen LogP contribution in [0.1, 0.15) is 18.9 Å². The number of carbonyl (C=O) groups is 2. The summed E-state index contributed by atoms with van der Waals surface area (Å²) in [5, 5.41) is 11.4. The molecular formula is C15H19NO5. The lowest BCUT2D eigenvalue weighted by molar-refractivity contribution is -0.138. The zero-order valence-electron chi connectivity index (χ0n) is 11.9. The molecule has 1 aliphatic rings. The Morgan fingerprint density at radius 1 is 1.29 bits per heavy atom. The molecule has 0 aliphatic carbocycles. The Balaban J connectivity index is 1.84. The topological polar surface area (TPSA) is 84.9 Å². The number of carbonyl (C=O) groups excluding carboxylic acids is 1. The second-order valence-electron chi connectivity index (χ2n) is 5.16. The maximum atomic E-state index is 11.8. The van der Waals surface area contributed by atoms with Gasteiger partial charge in [-0.05, 0) is 23.6 Å². The number of hydrogen-bond acceptors (Lipinski definition) is 4. The van der Waals surface area contributed by atoms with Crippen LogP contribution in [-0.4, -0.2) is 36.7 Å². The number of aliphatic carboxylic acids is 1. The van der Waals surface area contributed by atoms with Crippen LogP contribution in [0.25, 0.3) is 0 Å². The Bertz CT molecular complexity index is 529. The lowest BCUT2D eigenvalue weighted by Gasteiger charge is -2.18. The van der Waals surface area contributed by atoms with Crippen LogP contribution >= 0.6 is 0 Å². The molecule has 0 spiro atoms. The first-order valence-corrected chi connectivity index (χ1v) is 6.91. The van der Waals surface area contributed by atoms with Gasteiger partial charge in [0.15, 0.2) is 11.5 Å². The minimum Gasteiger partial charge on any atom is -0.486 e. The van der Waals surface area contributed by atoms with E-state index in [2.05, 4.69) is 5.32 Å². The largest absolute Gasteiger partial charge is 0.486 e. The van der Waals surface area contributed by atoms with Gasteiger partial charge in [-0.1, -0.05) is 13.0 Å². The molecule has 1 aliphatic heterocycles. The van der Waals surface area contributed by atoms with Crippen molar-refractivity contribution in [3.8, 4) is 11.5 Å². The predicted molar refractivity (Wildman–Crippen MR) is 75.6 cm³/mol. The summed E-state index contributed by atoms with van der Waals surface area (Å²) in [6.45, 7) is 3.19. The Labute approximate surface area is 123 Å². The van der Waals surface area contributed by atoms with Crippen molar-refractivity contribution >= 4 is 11.9 Å². The van der Waals surface area contributed by atoms with Gasteiger partial charge in [-0.3, -0.25) is 9.59 Å². The van der Waals surface area contributed by atoms with E-state index in [-0.39, 0.29) is 24.7 Å². The third-order valence-electron chi connectivity index (χ3n) is 3.14. The van der Waals surface area contributed by atoms with Crippen molar-refractivity contribution in [1.82, 2.24) is 5.32 Å². The van der Waals surface area contributed by atoms with E-state index >= 15 is 0 Å². The van der Waals surface area contributed by atoms with Gasteiger partial charge in [-0.15, -0.1) is 0 Å². The highest BCUT2D eigenvalue weighted by Crippen LogP contribution is 2.30. The molecule has 0 saturated heterocycles. The van der Waals surface area contributed by atoms with Crippen LogP contribution in [0.4, 0.5) is 0 Å². The lowest BCUT2D eigenvalue weighted by atomic mass is 10.1. The third kappa shape index (κ3) is 4.66. The fourth-order valence-electron chi connectivity index (χ4n) is 2.10. The molecule has 0 bridgehead atoms. The number of carboxylic acids is 1. The molecule has 1 atom stereocenters. The van der Waals surface area contributed by atoms with Crippen LogP contribution in [-0.2, 0) is 16.0 Å². The molecule has 1 aromatic rings. The molecule has 2 rings (SSSR count). The van der Waals surface area contributed by atoms with Gasteiger partial charge in [0.1, 0.15) is 13.2 Å². The molecule has 1 aromatic carbocycles. The van der Waals surface area contributed by atoms with Crippen molar-refractivity contribution in [2.45, 2.75) is 19.8 Å². The number of fused-ring (bicyclic) bond motifs is 1. The van der Waals surface area contributed by atoms with Crippen LogP contribution < -0.4 is 14.8 Å².